The van der Waals surface area contributed by atoms with Crippen LogP contribution >= 0.6 is 0 Å². The van der Waals surface area contributed by atoms with E-state index in [1.54, 1.807) is 12.1 Å². The minimum atomic E-state index is -0.887. The van der Waals surface area contributed by atoms with Gasteiger partial charge in [0.15, 0.2) is 0 Å². The maximum atomic E-state index is 13.9. The predicted octanol–water partition coefficient (Wildman–Crippen LogP) is 2.58. The Labute approximate surface area is 182 Å². The Morgan fingerprint density at radius 2 is 1.72 bits per heavy atom. The zero-order valence-corrected chi connectivity index (χ0v) is 17.1. The molecule has 0 spiro atoms. The van der Waals surface area contributed by atoms with Crippen LogP contribution in [0.3, 0.4) is 0 Å². The smallest absolute Gasteiger partial charge is 0.322 e. The number of hydrogen-bond donors (Lipinski definition) is 1. The summed E-state index contributed by atoms with van der Waals surface area (Å²) in [6.45, 7) is 0.503. The van der Waals surface area contributed by atoms with E-state index in [0.29, 0.717) is 18.5 Å². The van der Waals surface area contributed by atoms with Gasteiger partial charge in [0.2, 0.25) is 11.8 Å². The van der Waals surface area contributed by atoms with Crippen LogP contribution in [0.2, 0.25) is 0 Å². The summed E-state index contributed by atoms with van der Waals surface area (Å²) in [5.41, 5.74) is 0.367. The monoisotopic (exact) mass is 446 g/mol. The van der Waals surface area contributed by atoms with Gasteiger partial charge in [-0.1, -0.05) is 12.1 Å². The summed E-state index contributed by atoms with van der Waals surface area (Å²) < 4.78 is 40.5. The molecule has 4 rings (SSSR count). The van der Waals surface area contributed by atoms with Gasteiger partial charge >= 0.3 is 6.03 Å². The lowest BCUT2D eigenvalue weighted by atomic mass is 10.1. The predicted molar refractivity (Wildman–Crippen MR) is 109 cm³/mol. The first kappa shape index (κ1) is 21.7. The van der Waals surface area contributed by atoms with Crippen LogP contribution in [0.25, 0.3) is 0 Å². The second-order valence-electron chi connectivity index (χ2n) is 7.78. The van der Waals surface area contributed by atoms with Gasteiger partial charge in [0, 0.05) is 25.7 Å². The third-order valence-electron chi connectivity index (χ3n) is 5.58. The van der Waals surface area contributed by atoms with Gasteiger partial charge in [-0.05, 0) is 36.2 Å². The molecule has 168 valence electrons. The average molecular weight is 446 g/mol. The molecule has 2 heterocycles. The number of amides is 4. The number of nitrogens with zero attached hydrogens (tertiary/aromatic N) is 3. The summed E-state index contributed by atoms with van der Waals surface area (Å²) in [5.74, 6) is -2.46. The number of halogens is 3. The molecule has 0 saturated carbocycles. The molecule has 1 N–H and O–H groups in total. The van der Waals surface area contributed by atoms with Crippen LogP contribution in [-0.2, 0) is 16.1 Å². The van der Waals surface area contributed by atoms with Gasteiger partial charge in [-0.2, -0.15) is 0 Å². The molecule has 4 amide bonds. The van der Waals surface area contributed by atoms with Crippen LogP contribution in [0, 0.1) is 17.5 Å². The van der Waals surface area contributed by atoms with E-state index < -0.39 is 29.5 Å². The molecule has 10 heteroatoms. The zero-order chi connectivity index (χ0) is 22.8. The molecular weight excluding hydrogens is 425 g/mol. The summed E-state index contributed by atoms with van der Waals surface area (Å²) in [5, 5.41) is 2.33. The quantitative estimate of drug-likeness (QED) is 0.788. The van der Waals surface area contributed by atoms with Crippen molar-refractivity contribution in [2.45, 2.75) is 19.0 Å². The van der Waals surface area contributed by atoms with Crippen molar-refractivity contribution in [2.24, 2.45) is 0 Å². The van der Waals surface area contributed by atoms with Crippen LogP contribution in [0.4, 0.5) is 23.7 Å². The number of carbonyl (C=O) groups is 3. The van der Waals surface area contributed by atoms with E-state index in [9.17, 15) is 27.6 Å². The minimum absolute atomic E-state index is 0.0761. The SMILES string of the molecule is O=C(Nc1cc(F)ccc1F)N1CCCN2C(=O)CN(Cc3ccc(F)cc3)C(=O)C2C1. The summed E-state index contributed by atoms with van der Waals surface area (Å²) >= 11 is 0. The van der Waals surface area contributed by atoms with E-state index in [2.05, 4.69) is 5.32 Å². The summed E-state index contributed by atoms with van der Waals surface area (Å²) in [6, 6.07) is 6.79. The number of urea groups is 1. The highest BCUT2D eigenvalue weighted by Crippen LogP contribution is 2.22. The standard InChI is InChI=1S/C22H21F3N4O3/c23-15-4-2-14(3-5-15)11-28-13-20(30)29-9-1-8-27(12-19(29)21(28)31)22(32)26-18-10-16(24)6-7-17(18)25/h2-7,10,19H,1,8-9,11-13H2,(H,26,32). The first-order chi connectivity index (χ1) is 15.3. The highest BCUT2D eigenvalue weighted by atomic mass is 19.1. The van der Waals surface area contributed by atoms with Gasteiger partial charge in [-0.15, -0.1) is 0 Å². The maximum Gasteiger partial charge on any atom is 0.322 e. The normalized spacial score (nSPS) is 19.0. The van der Waals surface area contributed by atoms with Crippen molar-refractivity contribution in [1.82, 2.24) is 14.7 Å². The molecule has 1 atom stereocenters. The molecule has 2 fully saturated rings. The molecule has 0 bridgehead atoms. The van der Waals surface area contributed by atoms with Crippen molar-refractivity contribution in [1.29, 1.82) is 0 Å². The molecule has 7 nitrogen and oxygen atoms in total. The van der Waals surface area contributed by atoms with E-state index in [0.717, 1.165) is 18.2 Å². The molecule has 0 radical (unpaired) electrons. The maximum absolute atomic E-state index is 13.9. The largest absolute Gasteiger partial charge is 0.327 e. The zero-order valence-electron chi connectivity index (χ0n) is 17.1. The van der Waals surface area contributed by atoms with Crippen LogP contribution in [0.1, 0.15) is 12.0 Å². The topological polar surface area (TPSA) is 73.0 Å². The molecular formula is C22H21F3N4O3. The van der Waals surface area contributed by atoms with Crippen LogP contribution in [-0.4, -0.2) is 64.8 Å². The van der Waals surface area contributed by atoms with Gasteiger partial charge in [0.25, 0.3) is 0 Å². The number of fused-ring (bicyclic) bond motifs is 1. The second kappa shape index (κ2) is 8.89. The van der Waals surface area contributed by atoms with Crippen molar-refractivity contribution in [2.75, 3.05) is 31.5 Å². The summed E-state index contributed by atoms with van der Waals surface area (Å²) in [6.07, 6.45) is 0.437. The van der Waals surface area contributed by atoms with E-state index in [-0.39, 0.29) is 43.7 Å². The lowest BCUT2D eigenvalue weighted by Crippen LogP contribution is -2.61. The van der Waals surface area contributed by atoms with Crippen molar-refractivity contribution >= 4 is 23.5 Å². The van der Waals surface area contributed by atoms with Gasteiger partial charge in [-0.25, -0.2) is 18.0 Å². The van der Waals surface area contributed by atoms with Gasteiger partial charge in [0.05, 0.1) is 12.2 Å². The fourth-order valence-corrected chi connectivity index (χ4v) is 3.96. The fourth-order valence-electron chi connectivity index (χ4n) is 3.96. The second-order valence-corrected chi connectivity index (χ2v) is 7.78. The Balaban J connectivity index is 1.49. The lowest BCUT2D eigenvalue weighted by Gasteiger charge is -2.40. The minimum Gasteiger partial charge on any atom is -0.327 e. The van der Waals surface area contributed by atoms with Gasteiger partial charge in [0.1, 0.15) is 30.0 Å². The highest BCUT2D eigenvalue weighted by Gasteiger charge is 2.42. The molecule has 2 aliphatic rings. The molecule has 0 aliphatic carbocycles. The molecule has 1 unspecified atom stereocenters. The van der Waals surface area contributed by atoms with E-state index >= 15 is 0 Å². The number of piperazine rings is 1. The Kier molecular flexibility index (Phi) is 6.02. The third-order valence-corrected chi connectivity index (χ3v) is 5.58. The molecule has 2 saturated heterocycles. The molecule has 0 aromatic heterocycles. The average Bonchev–Trinajstić information content (AvgIpc) is 3.00. The molecule has 2 aliphatic heterocycles. The van der Waals surface area contributed by atoms with Crippen molar-refractivity contribution in [3.05, 3.63) is 65.5 Å². The van der Waals surface area contributed by atoms with Crippen molar-refractivity contribution in [3.63, 3.8) is 0 Å². The first-order valence-electron chi connectivity index (χ1n) is 10.2. The highest BCUT2D eigenvalue weighted by molar-refractivity contribution is 5.96. The summed E-state index contributed by atoms with van der Waals surface area (Å²) in [4.78, 5) is 42.7. The van der Waals surface area contributed by atoms with Gasteiger partial charge in [-0.3, -0.25) is 9.59 Å². The Hall–Kier alpha value is -3.56. The Morgan fingerprint density at radius 3 is 2.47 bits per heavy atom. The lowest BCUT2D eigenvalue weighted by molar-refractivity contribution is -0.156. The number of carbonyl (C=O) groups excluding carboxylic acids is 3. The number of anilines is 1. The fraction of sp³-hybridized carbons (Fsp3) is 0.318. The first-order valence-corrected chi connectivity index (χ1v) is 10.2. The number of benzene rings is 2. The van der Waals surface area contributed by atoms with Crippen LogP contribution < -0.4 is 5.32 Å². The van der Waals surface area contributed by atoms with Crippen LogP contribution in [0.5, 0.6) is 0 Å². The number of rotatable bonds is 3. The number of nitrogens with one attached hydrogen (secondary N) is 1. The van der Waals surface area contributed by atoms with Gasteiger partial charge < -0.3 is 20.0 Å². The van der Waals surface area contributed by atoms with Crippen molar-refractivity contribution in [3.8, 4) is 0 Å². The van der Waals surface area contributed by atoms with Crippen LogP contribution in [0.15, 0.2) is 42.5 Å². The molecule has 2 aromatic carbocycles. The van der Waals surface area contributed by atoms with E-state index in [1.807, 2.05) is 0 Å². The summed E-state index contributed by atoms with van der Waals surface area (Å²) in [7, 11) is 0. The molecule has 32 heavy (non-hydrogen) atoms. The molecule has 2 aromatic rings. The Bertz CT molecular complexity index is 1050. The van der Waals surface area contributed by atoms with E-state index in [4.69, 9.17) is 0 Å². The van der Waals surface area contributed by atoms with Crippen molar-refractivity contribution < 1.29 is 27.6 Å². The number of hydrogen-bond acceptors (Lipinski definition) is 3. The van der Waals surface area contributed by atoms with E-state index in [1.165, 1.54) is 26.8 Å². The Morgan fingerprint density at radius 1 is 1.00 bits per heavy atom. The third kappa shape index (κ3) is 4.53.